The van der Waals surface area contributed by atoms with Crippen molar-refractivity contribution in [3.63, 3.8) is 0 Å². The van der Waals surface area contributed by atoms with E-state index < -0.39 is 11.6 Å². The molecule has 1 aromatic carbocycles. The van der Waals surface area contributed by atoms with Gasteiger partial charge in [-0.2, -0.15) is 0 Å². The minimum atomic E-state index is -0.806. The largest absolute Gasteiger partial charge is 0.294 e. The average molecular weight is 338 g/mol. The summed E-state index contributed by atoms with van der Waals surface area (Å²) >= 11 is 0. The maximum atomic E-state index is 13.9. The molecule has 25 heavy (non-hydrogen) atoms. The fraction of sp³-hybridized carbons (Fsp3) is 0.211. The van der Waals surface area contributed by atoms with Gasteiger partial charge in [0.15, 0.2) is 17.5 Å². The van der Waals surface area contributed by atoms with Crippen LogP contribution in [0.15, 0.2) is 48.9 Å². The lowest BCUT2D eigenvalue weighted by Crippen LogP contribution is -2.31. The molecule has 0 saturated heterocycles. The molecule has 0 saturated carbocycles. The van der Waals surface area contributed by atoms with Gasteiger partial charge in [-0.15, -0.1) is 0 Å². The lowest BCUT2D eigenvalue weighted by Gasteiger charge is -2.28. The Morgan fingerprint density at radius 2 is 2.00 bits per heavy atom. The number of pyridine rings is 1. The molecule has 0 atom stereocenters. The molecule has 0 unspecified atom stereocenters. The van der Waals surface area contributed by atoms with Gasteiger partial charge in [-0.3, -0.25) is 9.88 Å². The molecule has 4 nitrogen and oxygen atoms in total. The number of hydrogen-bond donors (Lipinski definition) is 0. The number of benzene rings is 1. The second-order valence-corrected chi connectivity index (χ2v) is 6.08. The first-order valence-corrected chi connectivity index (χ1v) is 8.11. The molecule has 3 aromatic rings. The SMILES string of the molecule is Fc1cccc(CN2CCc3nc(-c4cccnc4)ncc3C2)c1F. The number of aromatic nitrogens is 3. The molecule has 0 spiro atoms. The van der Waals surface area contributed by atoms with Crippen LogP contribution in [0.4, 0.5) is 8.78 Å². The van der Waals surface area contributed by atoms with E-state index in [1.54, 1.807) is 18.5 Å². The van der Waals surface area contributed by atoms with Gasteiger partial charge in [0.25, 0.3) is 0 Å². The standard InChI is InChI=1S/C19H16F2N4/c20-16-5-1-3-14(18(16)21)11-25-8-6-17-15(12-25)10-23-19(24-17)13-4-2-7-22-9-13/h1-5,7,9-10H,6,8,11-12H2. The quantitative estimate of drug-likeness (QED) is 0.734. The third-order valence-electron chi connectivity index (χ3n) is 4.36. The Morgan fingerprint density at radius 1 is 1.08 bits per heavy atom. The Bertz CT molecular complexity index is 899. The molecule has 2 aromatic heterocycles. The number of hydrogen-bond acceptors (Lipinski definition) is 4. The fourth-order valence-electron chi connectivity index (χ4n) is 3.06. The first-order valence-electron chi connectivity index (χ1n) is 8.11. The van der Waals surface area contributed by atoms with E-state index in [1.807, 2.05) is 18.3 Å². The first-order chi connectivity index (χ1) is 12.2. The number of rotatable bonds is 3. The molecular weight excluding hydrogens is 322 g/mol. The summed E-state index contributed by atoms with van der Waals surface area (Å²) in [6, 6.07) is 8.08. The van der Waals surface area contributed by atoms with Crippen molar-refractivity contribution in [2.24, 2.45) is 0 Å². The molecule has 0 amide bonds. The van der Waals surface area contributed by atoms with Gasteiger partial charge >= 0.3 is 0 Å². The molecule has 126 valence electrons. The lowest BCUT2D eigenvalue weighted by molar-refractivity contribution is 0.238. The molecular formula is C19H16F2N4. The summed E-state index contributed by atoms with van der Waals surface area (Å²) < 4.78 is 27.2. The third-order valence-corrected chi connectivity index (χ3v) is 4.36. The van der Waals surface area contributed by atoms with E-state index >= 15 is 0 Å². The monoisotopic (exact) mass is 338 g/mol. The van der Waals surface area contributed by atoms with Crippen LogP contribution in [0.25, 0.3) is 11.4 Å². The zero-order valence-electron chi connectivity index (χ0n) is 13.5. The van der Waals surface area contributed by atoms with Crippen LogP contribution in [-0.2, 0) is 19.5 Å². The Balaban J connectivity index is 1.53. The van der Waals surface area contributed by atoms with Crippen molar-refractivity contribution in [2.75, 3.05) is 6.54 Å². The summed E-state index contributed by atoms with van der Waals surface area (Å²) in [5.74, 6) is -0.910. The summed E-state index contributed by atoms with van der Waals surface area (Å²) in [5, 5.41) is 0. The highest BCUT2D eigenvalue weighted by Crippen LogP contribution is 2.22. The molecule has 6 heteroatoms. The van der Waals surface area contributed by atoms with Gasteiger partial charge in [-0.05, 0) is 18.2 Å². The van der Waals surface area contributed by atoms with E-state index in [1.165, 1.54) is 6.07 Å². The first kappa shape index (κ1) is 15.8. The predicted octanol–water partition coefficient (Wildman–Crippen LogP) is 3.38. The minimum Gasteiger partial charge on any atom is -0.294 e. The van der Waals surface area contributed by atoms with Gasteiger partial charge in [0, 0.05) is 61.3 Å². The number of nitrogens with zero attached hydrogens (tertiary/aromatic N) is 4. The van der Waals surface area contributed by atoms with Crippen molar-refractivity contribution >= 4 is 0 Å². The molecule has 0 N–H and O–H groups in total. The van der Waals surface area contributed by atoms with E-state index in [9.17, 15) is 8.78 Å². The molecule has 0 aliphatic carbocycles. The maximum Gasteiger partial charge on any atom is 0.163 e. The maximum absolute atomic E-state index is 13.9. The van der Waals surface area contributed by atoms with Crippen LogP contribution in [0.3, 0.4) is 0 Å². The van der Waals surface area contributed by atoms with E-state index in [0.717, 1.165) is 35.9 Å². The van der Waals surface area contributed by atoms with Gasteiger partial charge in [-0.25, -0.2) is 18.7 Å². The Labute approximate surface area is 144 Å². The zero-order valence-corrected chi connectivity index (χ0v) is 13.5. The van der Waals surface area contributed by atoms with E-state index in [-0.39, 0.29) is 0 Å². The van der Waals surface area contributed by atoms with Crippen LogP contribution in [0.5, 0.6) is 0 Å². The predicted molar refractivity (Wildman–Crippen MR) is 89.4 cm³/mol. The van der Waals surface area contributed by atoms with Crippen LogP contribution >= 0.6 is 0 Å². The van der Waals surface area contributed by atoms with Crippen molar-refractivity contribution in [3.8, 4) is 11.4 Å². The summed E-state index contributed by atoms with van der Waals surface area (Å²) in [6.07, 6.45) is 6.02. The Morgan fingerprint density at radius 3 is 2.84 bits per heavy atom. The van der Waals surface area contributed by atoms with Crippen LogP contribution in [0.1, 0.15) is 16.8 Å². The normalized spacial score (nSPS) is 14.3. The molecule has 4 rings (SSSR count). The lowest BCUT2D eigenvalue weighted by atomic mass is 10.1. The third kappa shape index (κ3) is 3.25. The molecule has 0 fully saturated rings. The van der Waals surface area contributed by atoms with Crippen molar-refractivity contribution in [3.05, 3.63) is 77.4 Å². The van der Waals surface area contributed by atoms with Crippen LogP contribution < -0.4 is 0 Å². The van der Waals surface area contributed by atoms with Crippen LogP contribution in [0, 0.1) is 11.6 Å². The number of fused-ring (bicyclic) bond motifs is 1. The minimum absolute atomic E-state index is 0.368. The zero-order chi connectivity index (χ0) is 17.2. The van der Waals surface area contributed by atoms with Crippen molar-refractivity contribution < 1.29 is 8.78 Å². The molecule has 1 aliphatic rings. The number of halogens is 2. The molecule has 3 heterocycles. The van der Waals surface area contributed by atoms with Gasteiger partial charge in [0.05, 0.1) is 5.69 Å². The average Bonchev–Trinajstić information content (AvgIpc) is 2.66. The highest BCUT2D eigenvalue weighted by atomic mass is 19.2. The smallest absolute Gasteiger partial charge is 0.163 e. The second-order valence-electron chi connectivity index (χ2n) is 6.08. The molecule has 0 radical (unpaired) electrons. The Hall–Kier alpha value is -2.73. The van der Waals surface area contributed by atoms with Gasteiger partial charge < -0.3 is 0 Å². The Kier molecular flexibility index (Phi) is 4.19. The van der Waals surface area contributed by atoms with Crippen LogP contribution in [-0.4, -0.2) is 26.4 Å². The molecule has 0 bridgehead atoms. The van der Waals surface area contributed by atoms with Crippen LogP contribution in [0.2, 0.25) is 0 Å². The topological polar surface area (TPSA) is 41.9 Å². The van der Waals surface area contributed by atoms with Crippen molar-refractivity contribution in [1.82, 2.24) is 19.9 Å². The highest BCUT2D eigenvalue weighted by Gasteiger charge is 2.20. The summed E-state index contributed by atoms with van der Waals surface area (Å²) in [7, 11) is 0. The fourth-order valence-corrected chi connectivity index (χ4v) is 3.06. The summed E-state index contributed by atoms with van der Waals surface area (Å²) in [5.41, 5.74) is 3.28. The summed E-state index contributed by atoms with van der Waals surface area (Å²) in [6.45, 7) is 1.73. The van der Waals surface area contributed by atoms with E-state index in [0.29, 0.717) is 24.5 Å². The van der Waals surface area contributed by atoms with Gasteiger partial charge in [0.1, 0.15) is 0 Å². The second kappa shape index (κ2) is 6.64. The summed E-state index contributed by atoms with van der Waals surface area (Å²) in [4.78, 5) is 15.2. The van der Waals surface area contributed by atoms with Gasteiger partial charge in [-0.1, -0.05) is 12.1 Å². The molecule has 1 aliphatic heterocycles. The highest BCUT2D eigenvalue weighted by molar-refractivity contribution is 5.53. The van der Waals surface area contributed by atoms with E-state index in [2.05, 4.69) is 19.9 Å². The van der Waals surface area contributed by atoms with Crippen molar-refractivity contribution in [1.29, 1.82) is 0 Å². The van der Waals surface area contributed by atoms with Gasteiger partial charge in [0.2, 0.25) is 0 Å². The van der Waals surface area contributed by atoms with Crippen molar-refractivity contribution in [2.45, 2.75) is 19.5 Å². The van der Waals surface area contributed by atoms with E-state index in [4.69, 9.17) is 0 Å².